The second kappa shape index (κ2) is 8.39. The fourth-order valence-corrected chi connectivity index (χ4v) is 2.19. The van der Waals surface area contributed by atoms with Gasteiger partial charge in [0, 0.05) is 0 Å². The molecular weight excluding hydrogens is 279 g/mol. The van der Waals surface area contributed by atoms with Crippen LogP contribution in [0.3, 0.4) is 0 Å². The van der Waals surface area contributed by atoms with E-state index in [4.69, 9.17) is 4.74 Å². The lowest BCUT2D eigenvalue weighted by Gasteiger charge is -2.20. The summed E-state index contributed by atoms with van der Waals surface area (Å²) in [5, 5.41) is 3.33. The van der Waals surface area contributed by atoms with Crippen LogP contribution in [-0.2, 0) is 4.74 Å². The van der Waals surface area contributed by atoms with Gasteiger partial charge in [-0.15, -0.1) is 0 Å². The molecule has 1 aromatic carbocycles. The molecule has 1 rings (SSSR count). The number of alkyl halides is 3. The van der Waals surface area contributed by atoms with Crippen LogP contribution in [0.15, 0.2) is 18.2 Å². The molecule has 120 valence electrons. The lowest BCUT2D eigenvalue weighted by atomic mass is 10.0. The van der Waals surface area contributed by atoms with Gasteiger partial charge in [0.15, 0.2) is 0 Å². The van der Waals surface area contributed by atoms with Crippen LogP contribution >= 0.6 is 0 Å². The van der Waals surface area contributed by atoms with Crippen molar-refractivity contribution >= 4 is 0 Å². The summed E-state index contributed by atoms with van der Waals surface area (Å²) < 4.78 is 41.6. The molecular formula is C16H24F3NO. The van der Waals surface area contributed by atoms with Gasteiger partial charge >= 0.3 is 6.18 Å². The van der Waals surface area contributed by atoms with Crippen LogP contribution in [0.4, 0.5) is 13.2 Å². The molecule has 2 nitrogen and oxygen atoms in total. The zero-order chi connectivity index (χ0) is 15.9. The number of hydrogen-bond acceptors (Lipinski definition) is 2. The van der Waals surface area contributed by atoms with Gasteiger partial charge in [0.2, 0.25) is 0 Å². The molecule has 0 heterocycles. The summed E-state index contributed by atoms with van der Waals surface area (Å²) in [5.41, 5.74) is 3.35. The van der Waals surface area contributed by atoms with Crippen molar-refractivity contribution in [3.63, 3.8) is 0 Å². The average Bonchev–Trinajstić information content (AvgIpc) is 2.35. The van der Waals surface area contributed by atoms with Crippen molar-refractivity contribution in [2.75, 3.05) is 19.8 Å². The highest BCUT2D eigenvalue weighted by Crippen LogP contribution is 2.21. The molecule has 0 saturated heterocycles. The highest BCUT2D eigenvalue weighted by Gasteiger charge is 2.26. The highest BCUT2D eigenvalue weighted by atomic mass is 19.4. The molecule has 1 aromatic rings. The van der Waals surface area contributed by atoms with Crippen molar-refractivity contribution in [3.8, 4) is 0 Å². The van der Waals surface area contributed by atoms with E-state index in [1.54, 1.807) is 0 Å². The summed E-state index contributed by atoms with van der Waals surface area (Å²) in [5.74, 6) is 0. The van der Waals surface area contributed by atoms with E-state index in [1.807, 2.05) is 26.0 Å². The SMILES string of the molecule is CCCNC(COCCC(F)(F)F)c1cc(C)cc(C)c1. The van der Waals surface area contributed by atoms with Gasteiger partial charge in [-0.3, -0.25) is 0 Å². The number of halogens is 3. The van der Waals surface area contributed by atoms with Gasteiger partial charge in [-0.1, -0.05) is 36.2 Å². The first kappa shape index (κ1) is 18.0. The van der Waals surface area contributed by atoms with Gasteiger partial charge in [-0.2, -0.15) is 13.2 Å². The molecule has 0 radical (unpaired) electrons. The number of nitrogens with one attached hydrogen (secondary N) is 1. The summed E-state index contributed by atoms with van der Waals surface area (Å²) in [6.07, 6.45) is -4.10. The standard InChI is InChI=1S/C16H24F3NO/c1-4-6-20-15(11-21-7-5-16(17,18)19)14-9-12(2)8-13(3)10-14/h8-10,15,20H,4-7,11H2,1-3H3. The molecule has 0 aromatic heterocycles. The second-order valence-electron chi connectivity index (χ2n) is 5.37. The Morgan fingerprint density at radius 1 is 1.14 bits per heavy atom. The normalized spacial score (nSPS) is 13.4. The molecule has 0 aliphatic heterocycles. The summed E-state index contributed by atoms with van der Waals surface area (Å²) in [6.45, 7) is 6.84. The molecule has 0 aliphatic carbocycles. The maximum Gasteiger partial charge on any atom is 0.391 e. The van der Waals surface area contributed by atoms with Gasteiger partial charge in [0.1, 0.15) is 0 Å². The molecule has 21 heavy (non-hydrogen) atoms. The Balaban J connectivity index is 2.62. The van der Waals surface area contributed by atoms with E-state index in [0.717, 1.165) is 29.7 Å². The van der Waals surface area contributed by atoms with E-state index in [2.05, 4.69) is 18.3 Å². The molecule has 0 fully saturated rings. The third-order valence-electron chi connectivity index (χ3n) is 3.10. The third-order valence-corrected chi connectivity index (χ3v) is 3.10. The lowest BCUT2D eigenvalue weighted by Crippen LogP contribution is -2.27. The fraction of sp³-hybridized carbons (Fsp3) is 0.625. The maximum atomic E-state index is 12.1. The van der Waals surface area contributed by atoms with E-state index in [-0.39, 0.29) is 19.3 Å². The van der Waals surface area contributed by atoms with E-state index >= 15 is 0 Å². The predicted octanol–water partition coefficient (Wildman–Crippen LogP) is 4.31. The number of hydrogen-bond donors (Lipinski definition) is 1. The molecule has 0 bridgehead atoms. The minimum Gasteiger partial charge on any atom is -0.379 e. The van der Waals surface area contributed by atoms with Crippen LogP contribution in [0.5, 0.6) is 0 Å². The van der Waals surface area contributed by atoms with Crippen molar-refractivity contribution in [2.45, 2.75) is 45.8 Å². The van der Waals surface area contributed by atoms with Crippen LogP contribution in [0.25, 0.3) is 0 Å². The van der Waals surface area contributed by atoms with Crippen molar-refractivity contribution in [1.29, 1.82) is 0 Å². The fourth-order valence-electron chi connectivity index (χ4n) is 2.19. The van der Waals surface area contributed by atoms with Crippen LogP contribution < -0.4 is 5.32 Å². The van der Waals surface area contributed by atoms with Crippen molar-refractivity contribution in [1.82, 2.24) is 5.32 Å². The van der Waals surface area contributed by atoms with Crippen molar-refractivity contribution < 1.29 is 17.9 Å². The first-order valence-corrected chi connectivity index (χ1v) is 7.28. The second-order valence-corrected chi connectivity index (χ2v) is 5.37. The predicted molar refractivity (Wildman–Crippen MR) is 78.4 cm³/mol. The summed E-state index contributed by atoms with van der Waals surface area (Å²) in [7, 11) is 0. The zero-order valence-electron chi connectivity index (χ0n) is 12.9. The first-order valence-electron chi connectivity index (χ1n) is 7.28. The number of ether oxygens (including phenoxy) is 1. The third kappa shape index (κ3) is 7.48. The number of benzene rings is 1. The van der Waals surface area contributed by atoms with Crippen molar-refractivity contribution in [2.24, 2.45) is 0 Å². The van der Waals surface area contributed by atoms with Crippen molar-refractivity contribution in [3.05, 3.63) is 34.9 Å². The van der Waals surface area contributed by atoms with E-state index < -0.39 is 12.6 Å². The minimum absolute atomic E-state index is 0.0724. The Kier molecular flexibility index (Phi) is 7.18. The van der Waals surface area contributed by atoms with Gasteiger partial charge in [-0.05, 0) is 32.4 Å². The number of aryl methyl sites for hydroxylation is 2. The summed E-state index contributed by atoms with van der Waals surface area (Å²) in [6, 6.07) is 6.10. The van der Waals surface area contributed by atoms with E-state index in [1.165, 1.54) is 0 Å². The Morgan fingerprint density at radius 3 is 2.29 bits per heavy atom. The van der Waals surface area contributed by atoms with E-state index in [0.29, 0.717) is 0 Å². The van der Waals surface area contributed by atoms with E-state index in [9.17, 15) is 13.2 Å². The molecule has 0 spiro atoms. The Morgan fingerprint density at radius 2 is 1.76 bits per heavy atom. The molecule has 0 amide bonds. The van der Waals surface area contributed by atoms with Crippen LogP contribution in [0, 0.1) is 13.8 Å². The molecule has 1 atom stereocenters. The Bertz CT molecular complexity index is 412. The molecule has 1 unspecified atom stereocenters. The average molecular weight is 303 g/mol. The topological polar surface area (TPSA) is 21.3 Å². The number of rotatable bonds is 8. The smallest absolute Gasteiger partial charge is 0.379 e. The maximum absolute atomic E-state index is 12.1. The first-order chi connectivity index (χ1) is 9.81. The zero-order valence-corrected chi connectivity index (χ0v) is 12.9. The van der Waals surface area contributed by atoms with Crippen LogP contribution in [0.1, 0.15) is 42.5 Å². The quantitative estimate of drug-likeness (QED) is 0.722. The molecule has 1 N–H and O–H groups in total. The van der Waals surface area contributed by atoms with Gasteiger partial charge in [0.05, 0.1) is 25.7 Å². The monoisotopic (exact) mass is 303 g/mol. The van der Waals surface area contributed by atoms with Crippen LogP contribution in [-0.4, -0.2) is 25.9 Å². The minimum atomic E-state index is -4.16. The Hall–Kier alpha value is -1.07. The highest BCUT2D eigenvalue weighted by molar-refractivity contribution is 5.30. The van der Waals surface area contributed by atoms with Gasteiger partial charge in [-0.25, -0.2) is 0 Å². The van der Waals surface area contributed by atoms with Gasteiger partial charge in [0.25, 0.3) is 0 Å². The lowest BCUT2D eigenvalue weighted by molar-refractivity contribution is -0.145. The molecule has 5 heteroatoms. The molecule has 0 aliphatic rings. The largest absolute Gasteiger partial charge is 0.391 e. The summed E-state index contributed by atoms with van der Waals surface area (Å²) in [4.78, 5) is 0. The van der Waals surface area contributed by atoms with Crippen LogP contribution in [0.2, 0.25) is 0 Å². The summed E-state index contributed by atoms with van der Waals surface area (Å²) >= 11 is 0. The Labute approximate surface area is 124 Å². The molecule has 0 saturated carbocycles. The van der Waals surface area contributed by atoms with Gasteiger partial charge < -0.3 is 10.1 Å².